The normalized spacial score (nSPS) is 14.2. The quantitative estimate of drug-likeness (QED) is 0.0987. The topological polar surface area (TPSA) is 35.5 Å². The van der Waals surface area contributed by atoms with E-state index in [2.05, 4.69) is 34.6 Å². The van der Waals surface area contributed by atoms with Gasteiger partial charge in [0.25, 0.3) is 0 Å². The van der Waals surface area contributed by atoms with Crippen LogP contribution in [0.5, 0.6) is 0 Å². The van der Waals surface area contributed by atoms with Crippen molar-refractivity contribution in [3.63, 3.8) is 0 Å². The zero-order chi connectivity index (χ0) is 24.6. The van der Waals surface area contributed by atoms with E-state index in [4.69, 9.17) is 9.47 Å². The Bertz CT molecular complexity index is 409. The van der Waals surface area contributed by atoms with E-state index >= 15 is 0 Å². The molecule has 0 saturated heterocycles. The highest BCUT2D eigenvalue weighted by molar-refractivity contribution is 5.72. The number of unbranched alkanes of at least 4 members (excludes halogenated alkanes) is 12. The van der Waals surface area contributed by atoms with Crippen LogP contribution in [0.1, 0.15) is 157 Å². The molecule has 0 saturated carbocycles. The molecule has 0 fully saturated rings. The van der Waals surface area contributed by atoms with Gasteiger partial charge in [0.2, 0.25) is 0 Å². The summed E-state index contributed by atoms with van der Waals surface area (Å²) in [4.78, 5) is 12.7. The molecule has 3 unspecified atom stereocenters. The highest BCUT2D eigenvalue weighted by atomic mass is 16.5. The molecule has 0 aliphatic rings. The van der Waals surface area contributed by atoms with Gasteiger partial charge in [-0.15, -0.1) is 0 Å². The summed E-state index contributed by atoms with van der Waals surface area (Å²) in [6.07, 6.45) is 23.3. The smallest absolute Gasteiger partial charge is 0.308 e. The third-order valence-corrected chi connectivity index (χ3v) is 7.13. The van der Waals surface area contributed by atoms with Gasteiger partial charge in [-0.25, -0.2) is 0 Å². The van der Waals surface area contributed by atoms with Crippen molar-refractivity contribution >= 4 is 5.97 Å². The van der Waals surface area contributed by atoms with Gasteiger partial charge in [0, 0.05) is 6.61 Å². The fourth-order valence-electron chi connectivity index (χ4n) is 4.72. The third kappa shape index (κ3) is 18.4. The molecule has 3 atom stereocenters. The highest BCUT2D eigenvalue weighted by Crippen LogP contribution is 2.28. The van der Waals surface area contributed by atoms with E-state index in [-0.39, 0.29) is 11.9 Å². The maximum Gasteiger partial charge on any atom is 0.308 e. The first-order chi connectivity index (χ1) is 16.1. The first-order valence-electron chi connectivity index (χ1n) is 14.9. The Balaban J connectivity index is 4.66. The SMILES string of the molecule is CCCCCCCCCOC(CCCCCCC)C(CC)CC(CC)C(=O)OCCCCC. The Labute approximate surface area is 208 Å². The molecule has 0 aliphatic heterocycles. The number of ether oxygens (including phenoxy) is 2. The molecule has 0 heterocycles. The zero-order valence-corrected chi connectivity index (χ0v) is 23.3. The fraction of sp³-hybridized carbons (Fsp3) is 0.967. The van der Waals surface area contributed by atoms with Crippen LogP contribution in [-0.2, 0) is 14.3 Å². The molecule has 0 aromatic heterocycles. The molecule has 33 heavy (non-hydrogen) atoms. The summed E-state index contributed by atoms with van der Waals surface area (Å²) < 4.78 is 12.1. The molecule has 0 rings (SSSR count). The van der Waals surface area contributed by atoms with Crippen LogP contribution in [0.2, 0.25) is 0 Å². The maximum atomic E-state index is 12.7. The minimum atomic E-state index is 0.0147. The minimum absolute atomic E-state index is 0.0147. The molecule has 0 aromatic rings. The molecule has 0 N–H and O–H groups in total. The van der Waals surface area contributed by atoms with Crippen molar-refractivity contribution in [2.24, 2.45) is 11.8 Å². The van der Waals surface area contributed by atoms with Crippen LogP contribution in [0.4, 0.5) is 0 Å². The van der Waals surface area contributed by atoms with Crippen molar-refractivity contribution in [1.82, 2.24) is 0 Å². The van der Waals surface area contributed by atoms with Gasteiger partial charge in [0.05, 0.1) is 18.6 Å². The van der Waals surface area contributed by atoms with Gasteiger partial charge in [0.15, 0.2) is 0 Å². The molecule has 0 spiro atoms. The van der Waals surface area contributed by atoms with Gasteiger partial charge >= 0.3 is 5.97 Å². The Kier molecular flexibility index (Phi) is 24.1. The van der Waals surface area contributed by atoms with Crippen LogP contribution >= 0.6 is 0 Å². The standard InChI is InChI=1S/C30H60O3/c1-6-11-14-16-17-19-22-24-32-29(23-20-18-15-12-7-2)27(9-4)26-28(10-5)30(31)33-25-21-13-8-3/h27-29H,6-26H2,1-5H3. The third-order valence-electron chi connectivity index (χ3n) is 7.13. The van der Waals surface area contributed by atoms with Crippen molar-refractivity contribution in [1.29, 1.82) is 0 Å². The van der Waals surface area contributed by atoms with E-state index in [1.807, 2.05) is 0 Å². The predicted molar refractivity (Wildman–Crippen MR) is 144 cm³/mol. The van der Waals surface area contributed by atoms with Gasteiger partial charge in [-0.3, -0.25) is 4.79 Å². The van der Waals surface area contributed by atoms with E-state index in [1.54, 1.807) is 0 Å². The molecule has 0 amide bonds. The molecule has 3 nitrogen and oxygen atoms in total. The Hall–Kier alpha value is -0.570. The van der Waals surface area contributed by atoms with Gasteiger partial charge in [-0.1, -0.05) is 125 Å². The summed E-state index contributed by atoms with van der Waals surface area (Å²) in [5.74, 6) is 0.482. The zero-order valence-electron chi connectivity index (χ0n) is 23.3. The molecule has 0 aromatic carbocycles. The lowest BCUT2D eigenvalue weighted by molar-refractivity contribution is -0.150. The largest absolute Gasteiger partial charge is 0.465 e. The van der Waals surface area contributed by atoms with Gasteiger partial charge < -0.3 is 9.47 Å². The van der Waals surface area contributed by atoms with E-state index in [0.717, 1.165) is 51.6 Å². The second kappa shape index (κ2) is 24.6. The van der Waals surface area contributed by atoms with Crippen LogP contribution in [-0.4, -0.2) is 25.3 Å². The number of hydrogen-bond donors (Lipinski definition) is 0. The number of carbonyl (C=O) groups is 1. The van der Waals surface area contributed by atoms with Crippen molar-refractivity contribution in [3.05, 3.63) is 0 Å². The van der Waals surface area contributed by atoms with Crippen molar-refractivity contribution in [2.45, 2.75) is 163 Å². The lowest BCUT2D eigenvalue weighted by Crippen LogP contribution is -2.29. The Morgan fingerprint density at radius 2 is 1.12 bits per heavy atom. The Morgan fingerprint density at radius 3 is 1.70 bits per heavy atom. The molecular weight excluding hydrogens is 408 g/mol. The minimum Gasteiger partial charge on any atom is -0.465 e. The summed E-state index contributed by atoms with van der Waals surface area (Å²) in [6.45, 7) is 12.6. The van der Waals surface area contributed by atoms with E-state index in [9.17, 15) is 4.79 Å². The molecule has 0 radical (unpaired) electrons. The molecule has 198 valence electrons. The first kappa shape index (κ1) is 32.4. The molecule has 0 bridgehead atoms. The summed E-state index contributed by atoms with van der Waals surface area (Å²) in [5, 5.41) is 0. The maximum absolute atomic E-state index is 12.7. The average Bonchev–Trinajstić information content (AvgIpc) is 2.83. The van der Waals surface area contributed by atoms with E-state index in [0.29, 0.717) is 18.6 Å². The van der Waals surface area contributed by atoms with E-state index < -0.39 is 0 Å². The fourth-order valence-corrected chi connectivity index (χ4v) is 4.72. The van der Waals surface area contributed by atoms with Crippen LogP contribution < -0.4 is 0 Å². The molecule has 0 aliphatic carbocycles. The monoisotopic (exact) mass is 468 g/mol. The summed E-state index contributed by atoms with van der Waals surface area (Å²) in [6, 6.07) is 0. The average molecular weight is 469 g/mol. The highest BCUT2D eigenvalue weighted by Gasteiger charge is 2.27. The van der Waals surface area contributed by atoms with Crippen LogP contribution in [0.15, 0.2) is 0 Å². The van der Waals surface area contributed by atoms with Gasteiger partial charge in [-0.2, -0.15) is 0 Å². The summed E-state index contributed by atoms with van der Waals surface area (Å²) in [5.41, 5.74) is 0. The second-order valence-electron chi connectivity index (χ2n) is 10.1. The van der Waals surface area contributed by atoms with Crippen LogP contribution in [0, 0.1) is 11.8 Å². The predicted octanol–water partition coefficient (Wildman–Crippen LogP) is 9.66. The van der Waals surface area contributed by atoms with Crippen LogP contribution in [0.3, 0.4) is 0 Å². The number of rotatable bonds is 25. The lowest BCUT2D eigenvalue weighted by Gasteiger charge is -2.29. The van der Waals surface area contributed by atoms with Gasteiger partial charge in [0.1, 0.15) is 0 Å². The Morgan fingerprint density at radius 1 is 0.606 bits per heavy atom. The lowest BCUT2D eigenvalue weighted by atomic mass is 9.85. The van der Waals surface area contributed by atoms with Crippen molar-refractivity contribution in [3.8, 4) is 0 Å². The van der Waals surface area contributed by atoms with Crippen LogP contribution in [0.25, 0.3) is 0 Å². The molecule has 3 heteroatoms. The second-order valence-corrected chi connectivity index (χ2v) is 10.1. The number of carbonyl (C=O) groups excluding carboxylic acids is 1. The number of hydrogen-bond acceptors (Lipinski definition) is 3. The first-order valence-corrected chi connectivity index (χ1v) is 14.9. The molecular formula is C30H60O3. The summed E-state index contributed by atoms with van der Waals surface area (Å²) >= 11 is 0. The van der Waals surface area contributed by atoms with Gasteiger partial charge in [-0.05, 0) is 38.0 Å². The van der Waals surface area contributed by atoms with Crippen molar-refractivity contribution < 1.29 is 14.3 Å². The van der Waals surface area contributed by atoms with E-state index in [1.165, 1.54) is 77.0 Å². The summed E-state index contributed by atoms with van der Waals surface area (Å²) in [7, 11) is 0. The number of esters is 1. The van der Waals surface area contributed by atoms with Crippen molar-refractivity contribution in [2.75, 3.05) is 13.2 Å².